The van der Waals surface area contributed by atoms with Gasteiger partial charge >= 0.3 is 0 Å². The fourth-order valence-corrected chi connectivity index (χ4v) is 3.32. The first-order valence-corrected chi connectivity index (χ1v) is 6.38. The van der Waals surface area contributed by atoms with E-state index in [1.54, 1.807) is 0 Å². The second kappa shape index (κ2) is 3.37. The summed E-state index contributed by atoms with van der Waals surface area (Å²) < 4.78 is 0. The molecule has 2 fully saturated rings. The summed E-state index contributed by atoms with van der Waals surface area (Å²) in [5, 5.41) is 0. The first kappa shape index (κ1) is 7.95. The van der Waals surface area contributed by atoms with Crippen molar-refractivity contribution in [1.82, 2.24) is 4.90 Å². The minimum absolute atomic E-state index is 0.314. The van der Waals surface area contributed by atoms with Crippen molar-refractivity contribution >= 4 is 27.4 Å². The van der Waals surface area contributed by atoms with Crippen molar-refractivity contribution in [2.24, 2.45) is 0 Å². The molecule has 1 aliphatic carbocycles. The van der Waals surface area contributed by atoms with Crippen molar-refractivity contribution in [2.45, 2.75) is 12.5 Å². The Morgan fingerprint density at radius 3 is 2.27 bits per heavy atom. The van der Waals surface area contributed by atoms with Gasteiger partial charge in [-0.1, -0.05) is 21.6 Å². The molecule has 2 nitrogen and oxygen atoms in total. The van der Waals surface area contributed by atoms with Gasteiger partial charge in [-0.25, -0.2) is 0 Å². The maximum absolute atomic E-state index is 10.8. The van der Waals surface area contributed by atoms with E-state index in [-0.39, 0.29) is 0 Å². The predicted octanol–water partition coefficient (Wildman–Crippen LogP) is 1.02. The zero-order valence-electron chi connectivity index (χ0n) is 6.28. The first-order chi connectivity index (χ1) is 5.38. The summed E-state index contributed by atoms with van der Waals surface area (Å²) in [6, 6.07) is 0.314. The van der Waals surface area contributed by atoms with Gasteiger partial charge in [-0.3, -0.25) is 9.69 Å². The summed E-state index contributed by atoms with van der Waals surface area (Å²) in [6.45, 7) is 2.21. The van der Waals surface area contributed by atoms with Crippen LogP contribution in [0, 0.1) is 0 Å². The van der Waals surface area contributed by atoms with Crippen molar-refractivity contribution in [3.63, 3.8) is 0 Å². The zero-order valence-corrected chi connectivity index (χ0v) is 7.92. The zero-order chi connectivity index (χ0) is 7.68. The number of Topliss-reactive ketones (excluding diaryl/α,β-unsaturated/α-hetero) is 1. The quantitative estimate of drug-likeness (QED) is 0.574. The SMILES string of the molecule is O=C1CC1N1CCSSCC1. The lowest BCUT2D eigenvalue weighted by molar-refractivity contribution is -0.111. The molecule has 1 aliphatic heterocycles. The number of rotatable bonds is 1. The Hall–Kier alpha value is 0.330. The minimum Gasteiger partial charge on any atom is -0.298 e. The molecule has 0 radical (unpaired) electrons. The molecular weight excluding hydrogens is 178 g/mol. The monoisotopic (exact) mass is 189 g/mol. The van der Waals surface area contributed by atoms with Gasteiger partial charge in [0.2, 0.25) is 0 Å². The van der Waals surface area contributed by atoms with E-state index < -0.39 is 0 Å². The van der Waals surface area contributed by atoms with Crippen molar-refractivity contribution < 1.29 is 4.79 Å². The summed E-state index contributed by atoms with van der Waals surface area (Å²) in [6.07, 6.45) is 0.815. The highest BCUT2D eigenvalue weighted by atomic mass is 33.1. The molecule has 0 bridgehead atoms. The smallest absolute Gasteiger partial charge is 0.152 e. The summed E-state index contributed by atoms with van der Waals surface area (Å²) in [5.74, 6) is 2.80. The van der Waals surface area contributed by atoms with Crippen molar-refractivity contribution in [3.05, 3.63) is 0 Å². The second-order valence-corrected chi connectivity index (χ2v) is 5.57. The molecule has 0 aromatic carbocycles. The van der Waals surface area contributed by atoms with Gasteiger partial charge in [0, 0.05) is 31.0 Å². The third-order valence-electron chi connectivity index (χ3n) is 2.05. The molecule has 0 aromatic heterocycles. The lowest BCUT2D eigenvalue weighted by Crippen LogP contribution is -2.30. The normalized spacial score (nSPS) is 33.5. The largest absolute Gasteiger partial charge is 0.298 e. The molecule has 2 rings (SSSR count). The highest BCUT2D eigenvalue weighted by Gasteiger charge is 2.39. The summed E-state index contributed by atoms with van der Waals surface area (Å²) in [4.78, 5) is 13.2. The van der Waals surface area contributed by atoms with Gasteiger partial charge in [-0.05, 0) is 0 Å². The van der Waals surface area contributed by atoms with Crippen LogP contribution in [0.1, 0.15) is 6.42 Å². The molecule has 62 valence electrons. The maximum Gasteiger partial charge on any atom is 0.152 e. The Kier molecular flexibility index (Phi) is 2.44. The predicted molar refractivity (Wildman–Crippen MR) is 49.9 cm³/mol. The van der Waals surface area contributed by atoms with E-state index in [9.17, 15) is 4.79 Å². The lowest BCUT2D eigenvalue weighted by Gasteiger charge is -2.15. The van der Waals surface area contributed by atoms with Gasteiger partial charge in [0.1, 0.15) is 0 Å². The number of hydrogen-bond acceptors (Lipinski definition) is 4. The van der Waals surface area contributed by atoms with Gasteiger partial charge in [0.15, 0.2) is 5.78 Å². The third kappa shape index (κ3) is 1.92. The van der Waals surface area contributed by atoms with E-state index in [2.05, 4.69) is 4.90 Å². The average molecular weight is 189 g/mol. The van der Waals surface area contributed by atoms with Gasteiger partial charge in [0.05, 0.1) is 6.04 Å². The van der Waals surface area contributed by atoms with E-state index in [0.29, 0.717) is 11.8 Å². The molecule has 1 saturated carbocycles. The Balaban J connectivity index is 1.86. The molecule has 2 aliphatic rings. The Morgan fingerprint density at radius 2 is 1.82 bits per heavy atom. The van der Waals surface area contributed by atoms with Gasteiger partial charge in [-0.15, -0.1) is 0 Å². The van der Waals surface area contributed by atoms with E-state index in [1.165, 1.54) is 11.5 Å². The molecule has 1 saturated heterocycles. The van der Waals surface area contributed by atoms with E-state index in [4.69, 9.17) is 0 Å². The van der Waals surface area contributed by atoms with E-state index in [1.807, 2.05) is 21.6 Å². The molecule has 1 heterocycles. The number of hydrogen-bond donors (Lipinski definition) is 0. The van der Waals surface area contributed by atoms with E-state index in [0.717, 1.165) is 19.5 Å². The van der Waals surface area contributed by atoms with Crippen LogP contribution in [0.4, 0.5) is 0 Å². The topological polar surface area (TPSA) is 20.3 Å². The Bertz CT molecular complexity index is 166. The van der Waals surface area contributed by atoms with E-state index >= 15 is 0 Å². The molecule has 11 heavy (non-hydrogen) atoms. The number of ketones is 1. The standard InChI is InChI=1S/C7H11NOS2/c9-7-5-6(7)8-1-3-10-11-4-2-8/h6H,1-5H2. The van der Waals surface area contributed by atoms with Crippen molar-refractivity contribution in [3.8, 4) is 0 Å². The number of carbonyl (C=O) groups is 1. The van der Waals surface area contributed by atoms with Crippen LogP contribution in [0.25, 0.3) is 0 Å². The second-order valence-electron chi connectivity index (χ2n) is 2.87. The molecule has 0 amide bonds. The molecule has 0 spiro atoms. The Labute approximate surface area is 74.5 Å². The molecular formula is C7H11NOS2. The van der Waals surface area contributed by atoms with Crippen LogP contribution in [0.3, 0.4) is 0 Å². The maximum atomic E-state index is 10.8. The van der Waals surface area contributed by atoms with Crippen LogP contribution in [-0.2, 0) is 4.79 Å². The van der Waals surface area contributed by atoms with Crippen molar-refractivity contribution in [1.29, 1.82) is 0 Å². The van der Waals surface area contributed by atoms with Crippen LogP contribution in [-0.4, -0.2) is 41.3 Å². The lowest BCUT2D eigenvalue weighted by atomic mass is 10.5. The Morgan fingerprint density at radius 1 is 1.27 bits per heavy atom. The van der Waals surface area contributed by atoms with Crippen LogP contribution >= 0.6 is 21.6 Å². The molecule has 4 heteroatoms. The molecule has 0 aromatic rings. The first-order valence-electron chi connectivity index (χ1n) is 3.89. The summed E-state index contributed by atoms with van der Waals surface area (Å²) in [5.41, 5.74) is 0. The van der Waals surface area contributed by atoms with Crippen LogP contribution in [0.15, 0.2) is 0 Å². The van der Waals surface area contributed by atoms with Gasteiger partial charge in [-0.2, -0.15) is 0 Å². The number of carbonyl (C=O) groups excluding carboxylic acids is 1. The summed E-state index contributed by atoms with van der Waals surface area (Å²) in [7, 11) is 3.86. The fraction of sp³-hybridized carbons (Fsp3) is 0.857. The van der Waals surface area contributed by atoms with Crippen molar-refractivity contribution in [2.75, 3.05) is 24.6 Å². The molecule has 1 unspecified atom stereocenters. The van der Waals surface area contributed by atoms with Gasteiger partial charge in [0.25, 0.3) is 0 Å². The summed E-state index contributed by atoms with van der Waals surface area (Å²) >= 11 is 0. The van der Waals surface area contributed by atoms with Crippen LogP contribution in [0.2, 0.25) is 0 Å². The molecule has 1 atom stereocenters. The molecule has 0 N–H and O–H groups in total. The van der Waals surface area contributed by atoms with Crippen LogP contribution in [0.5, 0.6) is 0 Å². The van der Waals surface area contributed by atoms with Crippen LogP contribution < -0.4 is 0 Å². The fourth-order valence-electron chi connectivity index (χ4n) is 1.31. The van der Waals surface area contributed by atoms with Gasteiger partial charge < -0.3 is 0 Å². The number of nitrogens with zero attached hydrogens (tertiary/aromatic N) is 1. The average Bonchev–Trinajstić information content (AvgIpc) is 2.71. The highest BCUT2D eigenvalue weighted by molar-refractivity contribution is 8.76. The minimum atomic E-state index is 0.314. The highest BCUT2D eigenvalue weighted by Crippen LogP contribution is 2.29. The third-order valence-corrected chi connectivity index (χ3v) is 4.42.